The minimum Gasteiger partial charge on any atom is -0.377 e. The van der Waals surface area contributed by atoms with E-state index in [1.807, 2.05) is 0 Å². The van der Waals surface area contributed by atoms with Crippen LogP contribution < -0.4 is 4.90 Å². The van der Waals surface area contributed by atoms with Crippen molar-refractivity contribution in [3.05, 3.63) is 54.1 Å². The van der Waals surface area contributed by atoms with Gasteiger partial charge in [-0.05, 0) is 51.4 Å². The van der Waals surface area contributed by atoms with Crippen LogP contribution in [0.1, 0.15) is 12.0 Å². The SMILES string of the molecule is CN(C)c1ccc2ccc3c(CCCOP(=O)(O)O)ccc4ccc1c2c43. The van der Waals surface area contributed by atoms with Gasteiger partial charge in [0.1, 0.15) is 0 Å². The van der Waals surface area contributed by atoms with Gasteiger partial charge in [0.15, 0.2) is 0 Å². The van der Waals surface area contributed by atoms with E-state index in [0.29, 0.717) is 12.8 Å². The van der Waals surface area contributed by atoms with Gasteiger partial charge in [-0.25, -0.2) is 4.57 Å². The summed E-state index contributed by atoms with van der Waals surface area (Å²) in [5, 5.41) is 7.37. The van der Waals surface area contributed by atoms with Gasteiger partial charge < -0.3 is 14.7 Å². The number of benzene rings is 4. The Morgan fingerprint density at radius 3 is 2.15 bits per heavy atom. The summed E-state index contributed by atoms with van der Waals surface area (Å²) in [6.45, 7) is 0.0387. The first-order valence-corrected chi connectivity index (χ1v) is 10.4. The van der Waals surface area contributed by atoms with E-state index in [1.54, 1.807) is 0 Å². The van der Waals surface area contributed by atoms with E-state index in [0.717, 1.165) is 0 Å². The Morgan fingerprint density at radius 2 is 1.48 bits per heavy atom. The molecule has 0 unspecified atom stereocenters. The minimum absolute atomic E-state index is 0.0387. The molecule has 0 fully saturated rings. The van der Waals surface area contributed by atoms with Gasteiger partial charge in [0.2, 0.25) is 0 Å². The zero-order valence-corrected chi connectivity index (χ0v) is 16.2. The Hall–Kier alpha value is -2.17. The van der Waals surface area contributed by atoms with Gasteiger partial charge in [-0.1, -0.05) is 42.5 Å². The highest BCUT2D eigenvalue weighted by atomic mass is 31.2. The number of phosphoric ester groups is 1. The molecule has 140 valence electrons. The van der Waals surface area contributed by atoms with E-state index in [1.165, 1.54) is 43.6 Å². The van der Waals surface area contributed by atoms with Gasteiger partial charge in [0.05, 0.1) is 6.61 Å². The van der Waals surface area contributed by atoms with E-state index in [9.17, 15) is 4.57 Å². The van der Waals surface area contributed by atoms with Crippen LogP contribution >= 0.6 is 7.82 Å². The summed E-state index contributed by atoms with van der Waals surface area (Å²) in [7, 11) is -0.293. The fourth-order valence-corrected chi connectivity index (χ4v) is 4.27. The van der Waals surface area contributed by atoms with Crippen LogP contribution in [-0.4, -0.2) is 30.5 Å². The topological polar surface area (TPSA) is 70.0 Å². The number of rotatable bonds is 6. The van der Waals surface area contributed by atoms with Crippen molar-refractivity contribution in [3.8, 4) is 0 Å². The summed E-state index contributed by atoms with van der Waals surface area (Å²) in [6, 6.07) is 17.2. The molecule has 4 aromatic rings. The average Bonchev–Trinajstić information content (AvgIpc) is 2.62. The van der Waals surface area contributed by atoms with Gasteiger partial charge >= 0.3 is 7.82 Å². The van der Waals surface area contributed by atoms with E-state index >= 15 is 0 Å². The van der Waals surface area contributed by atoms with E-state index in [2.05, 4.69) is 72.0 Å². The third-order valence-electron chi connectivity index (χ3n) is 5.06. The van der Waals surface area contributed by atoms with E-state index in [4.69, 9.17) is 9.79 Å². The summed E-state index contributed by atoms with van der Waals surface area (Å²) >= 11 is 0. The lowest BCUT2D eigenvalue weighted by Gasteiger charge is -2.19. The van der Waals surface area contributed by atoms with E-state index in [-0.39, 0.29) is 6.61 Å². The number of nitrogens with zero attached hydrogens (tertiary/aromatic N) is 1. The molecule has 0 radical (unpaired) electrons. The Morgan fingerprint density at radius 1 is 0.889 bits per heavy atom. The summed E-state index contributed by atoms with van der Waals surface area (Å²) < 4.78 is 15.4. The van der Waals surface area contributed by atoms with Gasteiger partial charge in [-0.3, -0.25) is 4.52 Å². The van der Waals surface area contributed by atoms with Crippen molar-refractivity contribution in [2.45, 2.75) is 12.8 Å². The van der Waals surface area contributed by atoms with Gasteiger partial charge in [-0.2, -0.15) is 0 Å². The van der Waals surface area contributed by atoms with Gasteiger partial charge in [0.25, 0.3) is 0 Å². The number of hydrogen-bond donors (Lipinski definition) is 2. The number of phosphoric acid groups is 1. The first-order chi connectivity index (χ1) is 12.8. The zero-order chi connectivity index (χ0) is 19.2. The maximum atomic E-state index is 10.8. The second-order valence-electron chi connectivity index (χ2n) is 7.05. The minimum atomic E-state index is -4.40. The Bertz CT molecular complexity index is 1170. The molecule has 0 aliphatic heterocycles. The molecule has 0 atom stereocenters. The second-order valence-corrected chi connectivity index (χ2v) is 8.29. The van der Waals surface area contributed by atoms with Crippen LogP contribution in [0, 0.1) is 0 Å². The highest BCUT2D eigenvalue weighted by Crippen LogP contribution is 2.40. The maximum absolute atomic E-state index is 10.8. The summed E-state index contributed by atoms with van der Waals surface area (Å²) in [5.41, 5.74) is 2.36. The van der Waals surface area contributed by atoms with Crippen LogP contribution in [0.3, 0.4) is 0 Å². The fourth-order valence-electron chi connectivity index (χ4n) is 3.90. The molecule has 0 bridgehead atoms. The summed E-state index contributed by atoms with van der Waals surface area (Å²) in [5.74, 6) is 0. The first-order valence-electron chi connectivity index (χ1n) is 8.92. The fraction of sp³-hybridized carbons (Fsp3) is 0.238. The Labute approximate surface area is 157 Å². The molecule has 0 amide bonds. The van der Waals surface area contributed by atoms with Crippen molar-refractivity contribution in [1.29, 1.82) is 0 Å². The van der Waals surface area contributed by atoms with Crippen LogP contribution in [0.15, 0.2) is 48.5 Å². The predicted octanol–water partition coefficient (Wildman–Crippen LogP) is 4.69. The van der Waals surface area contributed by atoms with Crippen molar-refractivity contribution in [1.82, 2.24) is 0 Å². The Balaban J connectivity index is 1.81. The van der Waals surface area contributed by atoms with Gasteiger partial charge in [0, 0.05) is 25.2 Å². The largest absolute Gasteiger partial charge is 0.469 e. The molecule has 6 heteroatoms. The van der Waals surface area contributed by atoms with Crippen molar-refractivity contribution >= 4 is 45.8 Å². The predicted molar refractivity (Wildman–Crippen MR) is 111 cm³/mol. The highest BCUT2D eigenvalue weighted by Gasteiger charge is 2.15. The normalized spacial score (nSPS) is 12.4. The molecule has 0 aliphatic carbocycles. The summed E-state index contributed by atoms with van der Waals surface area (Å²) in [6.07, 6.45) is 1.26. The third kappa shape index (κ3) is 3.40. The van der Waals surface area contributed by atoms with Crippen LogP contribution in [0.25, 0.3) is 32.3 Å². The molecule has 4 rings (SSSR count). The molecule has 0 aromatic heterocycles. The number of hydrogen-bond acceptors (Lipinski definition) is 3. The molecule has 0 spiro atoms. The van der Waals surface area contributed by atoms with Crippen molar-refractivity contribution in [3.63, 3.8) is 0 Å². The monoisotopic (exact) mass is 383 g/mol. The van der Waals surface area contributed by atoms with Crippen molar-refractivity contribution < 1.29 is 18.9 Å². The second kappa shape index (κ2) is 6.77. The molecule has 4 aromatic carbocycles. The first kappa shape index (κ1) is 18.2. The van der Waals surface area contributed by atoms with Gasteiger partial charge in [-0.15, -0.1) is 0 Å². The molecule has 0 saturated carbocycles. The number of anilines is 1. The number of aryl methyl sites for hydroxylation is 1. The zero-order valence-electron chi connectivity index (χ0n) is 15.3. The van der Waals surface area contributed by atoms with Crippen LogP contribution in [0.5, 0.6) is 0 Å². The molecule has 0 aliphatic rings. The van der Waals surface area contributed by atoms with Crippen LogP contribution in [0.4, 0.5) is 5.69 Å². The average molecular weight is 383 g/mol. The molecular weight excluding hydrogens is 361 g/mol. The Kier molecular flexibility index (Phi) is 4.57. The highest BCUT2D eigenvalue weighted by molar-refractivity contribution is 7.46. The van der Waals surface area contributed by atoms with Crippen LogP contribution in [0.2, 0.25) is 0 Å². The summed E-state index contributed by atoms with van der Waals surface area (Å²) in [4.78, 5) is 19.8. The smallest absolute Gasteiger partial charge is 0.377 e. The molecule has 27 heavy (non-hydrogen) atoms. The van der Waals surface area contributed by atoms with Crippen LogP contribution in [-0.2, 0) is 15.5 Å². The molecule has 2 N–H and O–H groups in total. The molecule has 0 heterocycles. The standard InChI is InChI=1S/C21H22NO4P/c1-22(2)19-12-9-16-7-10-17-14(4-3-13-26-27(23,24)25)5-6-15-8-11-18(19)21(16)20(15)17/h5-12H,3-4,13H2,1-2H3,(H2,23,24,25). The van der Waals surface area contributed by atoms with E-state index < -0.39 is 7.82 Å². The lowest BCUT2D eigenvalue weighted by molar-refractivity contribution is 0.195. The molecule has 5 nitrogen and oxygen atoms in total. The maximum Gasteiger partial charge on any atom is 0.469 e. The van der Waals surface area contributed by atoms with Crippen molar-refractivity contribution in [2.24, 2.45) is 0 Å². The quantitative estimate of drug-likeness (QED) is 0.287. The lowest BCUT2D eigenvalue weighted by Crippen LogP contribution is -2.09. The van der Waals surface area contributed by atoms with Crippen molar-refractivity contribution in [2.75, 3.05) is 25.6 Å². The third-order valence-corrected chi connectivity index (χ3v) is 5.58. The lowest BCUT2D eigenvalue weighted by atomic mass is 9.90. The molecular formula is C21H22NO4P. The molecule has 0 saturated heterocycles.